The van der Waals surface area contributed by atoms with Crippen LogP contribution in [0.5, 0.6) is 0 Å². The Morgan fingerprint density at radius 1 is 1.08 bits per heavy atom. The van der Waals surface area contributed by atoms with Crippen LogP contribution in [-0.2, 0) is 19.6 Å². The zero-order valence-corrected chi connectivity index (χ0v) is 15.0. The number of carbonyl (C=O) groups excluding carboxylic acids is 1. The minimum Gasteiger partial charge on any atom is -0.464 e. The van der Waals surface area contributed by atoms with Gasteiger partial charge in [0, 0.05) is 32.6 Å². The highest BCUT2D eigenvalue weighted by atomic mass is 32.2. The third-order valence-electron chi connectivity index (χ3n) is 4.81. The lowest BCUT2D eigenvalue weighted by molar-refractivity contribution is -0.142. The number of hydrogen-bond donors (Lipinski definition) is 0. The van der Waals surface area contributed by atoms with E-state index in [4.69, 9.17) is 4.74 Å². The first-order chi connectivity index (χ1) is 11.4. The molecule has 2 aliphatic rings. The van der Waals surface area contributed by atoms with Gasteiger partial charge < -0.3 is 4.74 Å². The van der Waals surface area contributed by atoms with E-state index < -0.39 is 10.0 Å². The van der Waals surface area contributed by atoms with Gasteiger partial charge in [0.15, 0.2) is 0 Å². The maximum Gasteiger partial charge on any atom is 0.323 e. The monoisotopic (exact) mass is 352 g/mol. The molecule has 2 aliphatic heterocycles. The fourth-order valence-electron chi connectivity index (χ4n) is 3.25. The topological polar surface area (TPSA) is 66.9 Å². The molecule has 1 aromatic carbocycles. The Bertz CT molecular complexity index is 692. The normalized spacial score (nSPS) is 23.6. The zero-order valence-electron chi connectivity index (χ0n) is 14.1. The predicted octanol–water partition coefficient (Wildman–Crippen LogP) is 1.43. The van der Waals surface area contributed by atoms with Crippen LogP contribution in [0.25, 0.3) is 0 Å². The quantitative estimate of drug-likeness (QED) is 0.767. The van der Waals surface area contributed by atoms with Gasteiger partial charge >= 0.3 is 5.97 Å². The number of hydrogen-bond acceptors (Lipinski definition) is 5. The van der Waals surface area contributed by atoms with Gasteiger partial charge in [-0.1, -0.05) is 26.0 Å². The van der Waals surface area contributed by atoms with Gasteiger partial charge in [0.25, 0.3) is 0 Å². The van der Waals surface area contributed by atoms with Crippen molar-refractivity contribution in [2.45, 2.75) is 37.1 Å². The van der Waals surface area contributed by atoms with E-state index in [9.17, 15) is 13.2 Å². The summed E-state index contributed by atoms with van der Waals surface area (Å²) >= 11 is 0. The lowest BCUT2D eigenvalue weighted by Crippen LogP contribution is -2.52. The number of nitrogens with zero attached hydrogens (tertiary/aromatic N) is 2. The first-order valence-corrected chi connectivity index (χ1v) is 9.84. The Balaban J connectivity index is 1.67. The summed E-state index contributed by atoms with van der Waals surface area (Å²) in [6.07, 6.45) is 0.697. The van der Waals surface area contributed by atoms with Crippen molar-refractivity contribution in [1.29, 1.82) is 0 Å². The van der Waals surface area contributed by atoms with Gasteiger partial charge in [-0.05, 0) is 23.6 Å². The van der Waals surface area contributed by atoms with Gasteiger partial charge in [-0.2, -0.15) is 4.31 Å². The summed E-state index contributed by atoms with van der Waals surface area (Å²) in [5.74, 6) is 0.187. The Labute approximate surface area is 143 Å². The van der Waals surface area contributed by atoms with Crippen molar-refractivity contribution in [3.8, 4) is 0 Å². The SMILES string of the molecule is CC(C)c1ccc(S(=O)(=O)N2CCN(C3CCOC3=O)CC2)cc1. The zero-order chi connectivity index (χ0) is 17.3. The second-order valence-electron chi connectivity index (χ2n) is 6.64. The highest BCUT2D eigenvalue weighted by Gasteiger charge is 2.36. The van der Waals surface area contributed by atoms with Crippen LogP contribution in [-0.4, -0.2) is 62.4 Å². The molecule has 0 aliphatic carbocycles. The summed E-state index contributed by atoms with van der Waals surface area (Å²) in [6, 6.07) is 6.92. The predicted molar refractivity (Wildman–Crippen MR) is 90.2 cm³/mol. The van der Waals surface area contributed by atoms with Gasteiger partial charge in [-0.15, -0.1) is 0 Å². The van der Waals surface area contributed by atoms with Crippen molar-refractivity contribution >= 4 is 16.0 Å². The first-order valence-electron chi connectivity index (χ1n) is 8.40. The smallest absolute Gasteiger partial charge is 0.323 e. The molecule has 2 heterocycles. The van der Waals surface area contributed by atoms with Gasteiger partial charge in [-0.3, -0.25) is 9.69 Å². The molecule has 24 heavy (non-hydrogen) atoms. The maximum atomic E-state index is 12.8. The molecule has 0 radical (unpaired) electrons. The molecule has 2 saturated heterocycles. The summed E-state index contributed by atoms with van der Waals surface area (Å²) < 4.78 is 32.1. The van der Waals surface area contributed by atoms with Crippen LogP contribution >= 0.6 is 0 Å². The molecule has 7 heteroatoms. The largest absolute Gasteiger partial charge is 0.464 e. The molecule has 0 bridgehead atoms. The highest BCUT2D eigenvalue weighted by molar-refractivity contribution is 7.89. The van der Waals surface area contributed by atoms with Crippen LogP contribution in [0.4, 0.5) is 0 Å². The van der Waals surface area contributed by atoms with Crippen LogP contribution < -0.4 is 0 Å². The molecule has 0 N–H and O–H groups in total. The second kappa shape index (κ2) is 6.82. The molecule has 132 valence electrons. The standard InChI is InChI=1S/C17H24N2O4S/c1-13(2)14-3-5-15(6-4-14)24(21,22)19-10-8-18(9-11-19)16-7-12-23-17(16)20/h3-6,13,16H,7-12H2,1-2H3. The van der Waals surface area contributed by atoms with E-state index in [1.807, 2.05) is 17.0 Å². The van der Waals surface area contributed by atoms with E-state index in [1.54, 1.807) is 12.1 Å². The fourth-order valence-corrected chi connectivity index (χ4v) is 4.67. The maximum absolute atomic E-state index is 12.8. The van der Waals surface area contributed by atoms with E-state index in [1.165, 1.54) is 4.31 Å². The number of piperazine rings is 1. The third kappa shape index (κ3) is 3.34. The van der Waals surface area contributed by atoms with Crippen molar-refractivity contribution in [1.82, 2.24) is 9.21 Å². The molecule has 0 aromatic heterocycles. The van der Waals surface area contributed by atoms with Crippen molar-refractivity contribution in [3.05, 3.63) is 29.8 Å². The molecule has 2 fully saturated rings. The summed E-state index contributed by atoms with van der Waals surface area (Å²) in [6.45, 7) is 6.54. The van der Waals surface area contributed by atoms with Crippen LogP contribution in [0.1, 0.15) is 31.7 Å². The summed E-state index contributed by atoms with van der Waals surface area (Å²) in [5, 5.41) is 0. The lowest BCUT2D eigenvalue weighted by atomic mass is 10.0. The molecular weight excluding hydrogens is 328 g/mol. The third-order valence-corrected chi connectivity index (χ3v) is 6.72. The van der Waals surface area contributed by atoms with Gasteiger partial charge in [0.2, 0.25) is 10.0 Å². The van der Waals surface area contributed by atoms with Crippen molar-refractivity contribution in [3.63, 3.8) is 0 Å². The van der Waals surface area contributed by atoms with Gasteiger partial charge in [-0.25, -0.2) is 8.42 Å². The highest BCUT2D eigenvalue weighted by Crippen LogP contribution is 2.23. The van der Waals surface area contributed by atoms with Crippen LogP contribution in [0.15, 0.2) is 29.2 Å². The molecule has 3 rings (SSSR count). The molecule has 1 unspecified atom stereocenters. The minimum atomic E-state index is -3.47. The number of sulfonamides is 1. The second-order valence-corrected chi connectivity index (χ2v) is 8.57. The minimum absolute atomic E-state index is 0.185. The molecule has 0 amide bonds. The molecule has 0 spiro atoms. The van der Waals surface area contributed by atoms with E-state index in [-0.39, 0.29) is 12.0 Å². The number of carbonyl (C=O) groups is 1. The summed E-state index contributed by atoms with van der Waals surface area (Å²) in [4.78, 5) is 14.0. The molecule has 6 nitrogen and oxygen atoms in total. The van der Waals surface area contributed by atoms with Crippen LogP contribution in [0, 0.1) is 0 Å². The number of esters is 1. The Morgan fingerprint density at radius 2 is 1.71 bits per heavy atom. The van der Waals surface area contributed by atoms with Crippen LogP contribution in [0.3, 0.4) is 0 Å². The van der Waals surface area contributed by atoms with Gasteiger partial charge in [0.05, 0.1) is 11.5 Å². The number of ether oxygens (including phenoxy) is 1. The lowest BCUT2D eigenvalue weighted by Gasteiger charge is -2.35. The molecule has 1 aromatic rings. The number of cyclic esters (lactones) is 1. The first kappa shape index (κ1) is 17.4. The van der Waals surface area contributed by atoms with E-state index in [2.05, 4.69) is 13.8 Å². The average molecular weight is 352 g/mol. The summed E-state index contributed by atoms with van der Waals surface area (Å²) in [5.41, 5.74) is 1.12. The number of rotatable bonds is 4. The average Bonchev–Trinajstić information content (AvgIpc) is 3.01. The van der Waals surface area contributed by atoms with Crippen LogP contribution in [0.2, 0.25) is 0 Å². The van der Waals surface area contributed by atoms with E-state index in [0.717, 1.165) is 5.56 Å². The van der Waals surface area contributed by atoms with Crippen molar-refractivity contribution in [2.75, 3.05) is 32.8 Å². The van der Waals surface area contributed by atoms with Crippen molar-refractivity contribution < 1.29 is 17.9 Å². The summed E-state index contributed by atoms with van der Waals surface area (Å²) in [7, 11) is -3.47. The molecule has 1 atom stereocenters. The molecular formula is C17H24N2O4S. The van der Waals surface area contributed by atoms with E-state index in [0.29, 0.717) is 50.0 Å². The Hall–Kier alpha value is -1.44. The Morgan fingerprint density at radius 3 is 2.21 bits per heavy atom. The fraction of sp³-hybridized carbons (Fsp3) is 0.588. The van der Waals surface area contributed by atoms with E-state index >= 15 is 0 Å². The van der Waals surface area contributed by atoms with Gasteiger partial charge in [0.1, 0.15) is 6.04 Å². The molecule has 0 saturated carbocycles. The van der Waals surface area contributed by atoms with Crippen molar-refractivity contribution in [2.24, 2.45) is 0 Å². The Kier molecular flexibility index (Phi) is 4.94. The number of benzene rings is 1.